The Labute approximate surface area is 193 Å². The van der Waals surface area contributed by atoms with Gasteiger partial charge in [0, 0.05) is 25.2 Å². The molecule has 0 spiro atoms. The molecule has 1 heterocycles. The summed E-state index contributed by atoms with van der Waals surface area (Å²) in [6.07, 6.45) is 2.19. The zero-order valence-corrected chi connectivity index (χ0v) is 19.5. The van der Waals surface area contributed by atoms with Crippen LogP contribution in [0.3, 0.4) is 0 Å². The molecule has 1 unspecified atom stereocenters. The van der Waals surface area contributed by atoms with Crippen LogP contribution in [-0.4, -0.2) is 31.2 Å². The number of hydrogen-bond donors (Lipinski definition) is 1. The highest BCUT2D eigenvalue weighted by atomic mass is 32.2. The highest BCUT2D eigenvalue weighted by Gasteiger charge is 2.23. The van der Waals surface area contributed by atoms with E-state index in [2.05, 4.69) is 5.32 Å². The number of rotatable bonds is 9. The van der Waals surface area contributed by atoms with Gasteiger partial charge in [0.2, 0.25) is 5.91 Å². The van der Waals surface area contributed by atoms with Gasteiger partial charge in [0.1, 0.15) is 10.6 Å². The lowest BCUT2D eigenvalue weighted by atomic mass is 10.1. The second-order valence-corrected chi connectivity index (χ2v) is 9.10. The van der Waals surface area contributed by atoms with E-state index in [1.165, 1.54) is 43.5 Å². The Kier molecular flexibility index (Phi) is 7.55. The first-order valence-corrected chi connectivity index (χ1v) is 11.9. The fraction of sp³-hybridized carbons (Fsp3) is 0.250. The summed E-state index contributed by atoms with van der Waals surface area (Å²) in [7, 11) is -4.08. The van der Waals surface area contributed by atoms with E-state index in [0.29, 0.717) is 11.3 Å². The lowest BCUT2D eigenvalue weighted by Gasteiger charge is -2.28. The summed E-state index contributed by atoms with van der Waals surface area (Å²) in [4.78, 5) is 25.6. The Balaban J connectivity index is 1.78. The van der Waals surface area contributed by atoms with E-state index in [4.69, 9.17) is 8.60 Å². The van der Waals surface area contributed by atoms with Crippen molar-refractivity contribution in [2.75, 3.05) is 5.32 Å². The minimum Gasteiger partial charge on any atom is -0.459 e. The Hall–Kier alpha value is -3.59. The van der Waals surface area contributed by atoms with Crippen LogP contribution in [0.25, 0.3) is 0 Å². The van der Waals surface area contributed by atoms with E-state index in [1.807, 2.05) is 13.8 Å². The SMILES string of the molecule is CCC(C)N(Cc1cccc(OS(=O)(=O)c2ccc(NC(C)=O)cc2)c1)C(=O)c1ccco1. The summed E-state index contributed by atoms with van der Waals surface area (Å²) in [5, 5.41) is 2.58. The van der Waals surface area contributed by atoms with E-state index in [-0.39, 0.29) is 40.8 Å². The lowest BCUT2D eigenvalue weighted by molar-refractivity contribution is -0.114. The van der Waals surface area contributed by atoms with Crippen LogP contribution in [0.2, 0.25) is 0 Å². The summed E-state index contributed by atoms with van der Waals surface area (Å²) < 4.78 is 36.0. The highest BCUT2D eigenvalue weighted by Crippen LogP contribution is 2.23. The van der Waals surface area contributed by atoms with Crippen LogP contribution in [0.4, 0.5) is 5.69 Å². The maximum absolute atomic E-state index is 12.9. The number of hydrogen-bond acceptors (Lipinski definition) is 6. The van der Waals surface area contributed by atoms with Crippen LogP contribution in [0.15, 0.2) is 76.2 Å². The third-order valence-corrected chi connectivity index (χ3v) is 6.30. The monoisotopic (exact) mass is 470 g/mol. The van der Waals surface area contributed by atoms with Crippen molar-refractivity contribution in [2.24, 2.45) is 0 Å². The summed E-state index contributed by atoms with van der Waals surface area (Å²) in [6, 6.07) is 15.5. The van der Waals surface area contributed by atoms with Crippen molar-refractivity contribution in [3.8, 4) is 5.75 Å². The van der Waals surface area contributed by atoms with E-state index < -0.39 is 10.1 Å². The molecule has 0 fully saturated rings. The van der Waals surface area contributed by atoms with E-state index in [0.717, 1.165) is 6.42 Å². The van der Waals surface area contributed by atoms with Crippen LogP contribution in [0.1, 0.15) is 43.3 Å². The number of nitrogens with one attached hydrogen (secondary N) is 1. The molecular weight excluding hydrogens is 444 g/mol. The van der Waals surface area contributed by atoms with Crippen molar-refractivity contribution in [2.45, 2.75) is 44.7 Å². The van der Waals surface area contributed by atoms with Crippen LogP contribution in [0.5, 0.6) is 5.75 Å². The van der Waals surface area contributed by atoms with Crippen molar-refractivity contribution in [1.82, 2.24) is 4.90 Å². The molecule has 8 nitrogen and oxygen atoms in total. The van der Waals surface area contributed by atoms with Crippen molar-refractivity contribution >= 4 is 27.6 Å². The molecule has 0 aliphatic carbocycles. The largest absolute Gasteiger partial charge is 0.459 e. The molecule has 2 amide bonds. The summed E-state index contributed by atoms with van der Waals surface area (Å²) in [5.74, 6) is -0.121. The van der Waals surface area contributed by atoms with Crippen LogP contribution in [0, 0.1) is 0 Å². The lowest BCUT2D eigenvalue weighted by Crippen LogP contribution is -2.37. The van der Waals surface area contributed by atoms with Gasteiger partial charge >= 0.3 is 10.1 Å². The molecule has 0 saturated carbocycles. The molecule has 33 heavy (non-hydrogen) atoms. The van der Waals surface area contributed by atoms with Gasteiger partial charge in [0.25, 0.3) is 5.91 Å². The average molecular weight is 471 g/mol. The number of carbonyl (C=O) groups is 2. The van der Waals surface area contributed by atoms with E-state index in [1.54, 1.807) is 35.2 Å². The molecule has 3 aromatic rings. The Morgan fingerprint density at radius 3 is 2.42 bits per heavy atom. The molecule has 1 N–H and O–H groups in total. The van der Waals surface area contributed by atoms with Gasteiger partial charge in [-0.3, -0.25) is 9.59 Å². The van der Waals surface area contributed by atoms with Gasteiger partial charge in [-0.1, -0.05) is 19.1 Å². The molecule has 0 bridgehead atoms. The molecule has 174 valence electrons. The third kappa shape index (κ3) is 6.23. The van der Waals surface area contributed by atoms with Crippen LogP contribution in [-0.2, 0) is 21.5 Å². The minimum absolute atomic E-state index is 0.0452. The van der Waals surface area contributed by atoms with Crippen LogP contribution < -0.4 is 9.50 Å². The molecule has 2 aromatic carbocycles. The van der Waals surface area contributed by atoms with Gasteiger partial charge in [-0.05, 0) is 67.4 Å². The predicted molar refractivity (Wildman–Crippen MR) is 123 cm³/mol. The molecule has 9 heteroatoms. The van der Waals surface area contributed by atoms with Crippen molar-refractivity contribution < 1.29 is 26.6 Å². The molecule has 0 aliphatic rings. The standard InChI is InChI=1S/C24H26N2O6S/c1-4-17(2)26(24(28)23-9-6-14-31-23)16-19-7-5-8-21(15-19)32-33(29,30)22-12-10-20(11-13-22)25-18(3)27/h5-15,17H,4,16H2,1-3H3,(H,25,27). The summed E-state index contributed by atoms with van der Waals surface area (Å²) in [6.45, 7) is 5.55. The second kappa shape index (κ2) is 10.4. The van der Waals surface area contributed by atoms with Crippen molar-refractivity contribution in [3.05, 3.63) is 78.3 Å². The number of furan rings is 1. The third-order valence-electron chi connectivity index (χ3n) is 5.04. The summed E-state index contributed by atoms with van der Waals surface area (Å²) >= 11 is 0. The smallest absolute Gasteiger partial charge is 0.339 e. The molecule has 1 atom stereocenters. The Morgan fingerprint density at radius 1 is 1.09 bits per heavy atom. The minimum atomic E-state index is -4.08. The fourth-order valence-corrected chi connectivity index (χ4v) is 4.09. The Bertz CT molecular complexity index is 1200. The van der Waals surface area contributed by atoms with Gasteiger partial charge in [0.05, 0.1) is 6.26 Å². The number of carbonyl (C=O) groups excluding carboxylic acids is 2. The second-order valence-electron chi connectivity index (χ2n) is 7.56. The Morgan fingerprint density at radius 2 is 1.82 bits per heavy atom. The fourth-order valence-electron chi connectivity index (χ4n) is 3.17. The van der Waals surface area contributed by atoms with Gasteiger partial charge in [-0.2, -0.15) is 8.42 Å². The molecule has 0 aliphatic heterocycles. The maximum Gasteiger partial charge on any atom is 0.339 e. The van der Waals surface area contributed by atoms with Gasteiger partial charge < -0.3 is 18.8 Å². The summed E-state index contributed by atoms with van der Waals surface area (Å²) in [5.41, 5.74) is 1.19. The number of amides is 2. The van der Waals surface area contributed by atoms with E-state index >= 15 is 0 Å². The number of benzene rings is 2. The number of nitrogens with zero attached hydrogens (tertiary/aromatic N) is 1. The highest BCUT2D eigenvalue weighted by molar-refractivity contribution is 7.87. The zero-order chi connectivity index (χ0) is 24.0. The first-order chi connectivity index (χ1) is 15.7. The predicted octanol–water partition coefficient (Wildman–Crippen LogP) is 4.45. The van der Waals surface area contributed by atoms with Crippen LogP contribution >= 0.6 is 0 Å². The molecule has 0 radical (unpaired) electrons. The first-order valence-electron chi connectivity index (χ1n) is 10.4. The van der Waals surface area contributed by atoms with Gasteiger partial charge in [-0.25, -0.2) is 0 Å². The molecular formula is C24H26N2O6S. The normalized spacial score (nSPS) is 12.1. The molecule has 0 saturated heterocycles. The van der Waals surface area contributed by atoms with E-state index in [9.17, 15) is 18.0 Å². The topological polar surface area (TPSA) is 106 Å². The first kappa shape index (κ1) is 24.1. The quantitative estimate of drug-likeness (QED) is 0.463. The van der Waals surface area contributed by atoms with Crippen molar-refractivity contribution in [1.29, 1.82) is 0 Å². The maximum atomic E-state index is 12.9. The average Bonchev–Trinajstić information content (AvgIpc) is 3.31. The van der Waals surface area contributed by atoms with Crippen molar-refractivity contribution in [3.63, 3.8) is 0 Å². The van der Waals surface area contributed by atoms with Gasteiger partial charge in [-0.15, -0.1) is 0 Å². The van der Waals surface area contributed by atoms with Gasteiger partial charge in [0.15, 0.2) is 5.76 Å². The molecule has 3 rings (SSSR count). The zero-order valence-electron chi connectivity index (χ0n) is 18.6. The number of anilines is 1. The molecule has 1 aromatic heterocycles.